The minimum absolute atomic E-state index is 0.338. The van der Waals surface area contributed by atoms with Crippen LogP contribution in [0.2, 0.25) is 0 Å². The maximum atomic E-state index is 2.67. The zero-order chi connectivity index (χ0) is 11.2. The van der Waals surface area contributed by atoms with Gasteiger partial charge in [-0.25, -0.2) is 0 Å². The third-order valence-electron chi connectivity index (χ3n) is 4.02. The number of hydrogen-bond acceptors (Lipinski definition) is 2. The van der Waals surface area contributed by atoms with E-state index in [0.717, 1.165) is 18.0 Å². The van der Waals surface area contributed by atoms with Gasteiger partial charge >= 0.3 is 0 Å². The highest BCUT2D eigenvalue weighted by molar-refractivity contribution is 4.96. The summed E-state index contributed by atoms with van der Waals surface area (Å²) < 4.78 is 0. The van der Waals surface area contributed by atoms with Crippen LogP contribution in [-0.2, 0) is 0 Å². The van der Waals surface area contributed by atoms with Gasteiger partial charge in [-0.05, 0) is 40.0 Å². The monoisotopic (exact) mass is 210 g/mol. The third kappa shape index (κ3) is 2.21. The second-order valence-electron chi connectivity index (χ2n) is 6.62. The molecule has 0 bridgehead atoms. The summed E-state index contributed by atoms with van der Waals surface area (Å²) in [5, 5.41) is 0. The van der Waals surface area contributed by atoms with E-state index in [2.05, 4.69) is 44.4 Å². The van der Waals surface area contributed by atoms with Crippen molar-refractivity contribution >= 4 is 0 Å². The molecule has 0 aromatic heterocycles. The molecule has 2 fully saturated rings. The van der Waals surface area contributed by atoms with E-state index in [9.17, 15) is 0 Å². The number of nitrogens with zero attached hydrogens (tertiary/aromatic N) is 2. The second kappa shape index (κ2) is 3.74. The molecule has 0 saturated carbocycles. The van der Waals surface area contributed by atoms with Crippen molar-refractivity contribution in [3.8, 4) is 0 Å². The van der Waals surface area contributed by atoms with Crippen LogP contribution >= 0.6 is 0 Å². The highest BCUT2D eigenvalue weighted by atomic mass is 15.3. The molecular formula is C13H26N2. The van der Waals surface area contributed by atoms with Crippen LogP contribution in [0, 0.1) is 5.92 Å². The maximum absolute atomic E-state index is 2.67. The predicted octanol–water partition coefficient (Wildman–Crippen LogP) is 2.20. The fraction of sp³-hybridized carbons (Fsp3) is 1.00. The van der Waals surface area contributed by atoms with Crippen LogP contribution in [0.25, 0.3) is 0 Å². The van der Waals surface area contributed by atoms with Gasteiger partial charge in [-0.1, -0.05) is 6.92 Å². The number of rotatable bonds is 1. The first-order valence-electron chi connectivity index (χ1n) is 6.38. The molecule has 2 heterocycles. The lowest BCUT2D eigenvalue weighted by Crippen LogP contribution is -2.52. The average Bonchev–Trinajstić information content (AvgIpc) is 2.40. The molecule has 15 heavy (non-hydrogen) atoms. The molecule has 2 atom stereocenters. The van der Waals surface area contributed by atoms with Crippen LogP contribution in [0.1, 0.15) is 41.0 Å². The van der Waals surface area contributed by atoms with Crippen molar-refractivity contribution in [2.75, 3.05) is 19.6 Å². The Morgan fingerprint density at radius 1 is 1.00 bits per heavy atom. The van der Waals surface area contributed by atoms with E-state index in [1.54, 1.807) is 0 Å². The summed E-state index contributed by atoms with van der Waals surface area (Å²) >= 11 is 0. The van der Waals surface area contributed by atoms with E-state index < -0.39 is 0 Å². The summed E-state index contributed by atoms with van der Waals surface area (Å²) in [5.41, 5.74) is 0.338. The normalized spacial score (nSPS) is 35.8. The highest BCUT2D eigenvalue weighted by Crippen LogP contribution is 2.31. The van der Waals surface area contributed by atoms with Gasteiger partial charge in [0.25, 0.3) is 0 Å². The zero-order valence-electron chi connectivity index (χ0n) is 11.0. The number of hydrogen-bond donors (Lipinski definition) is 0. The minimum atomic E-state index is 0.338. The quantitative estimate of drug-likeness (QED) is 0.654. The van der Waals surface area contributed by atoms with Crippen molar-refractivity contribution in [1.29, 1.82) is 0 Å². The summed E-state index contributed by atoms with van der Waals surface area (Å²) in [4.78, 5) is 5.34. The van der Waals surface area contributed by atoms with Gasteiger partial charge in [0, 0.05) is 37.3 Å². The Morgan fingerprint density at radius 3 is 2.00 bits per heavy atom. The smallest absolute Gasteiger partial charge is 0.0238 e. The van der Waals surface area contributed by atoms with Crippen molar-refractivity contribution in [3.05, 3.63) is 0 Å². The van der Waals surface area contributed by atoms with Crippen molar-refractivity contribution in [1.82, 2.24) is 9.80 Å². The van der Waals surface area contributed by atoms with Crippen molar-refractivity contribution in [2.24, 2.45) is 5.92 Å². The molecule has 2 aliphatic rings. The van der Waals surface area contributed by atoms with Gasteiger partial charge in [-0.15, -0.1) is 0 Å². The Labute approximate surface area is 94.6 Å². The molecular weight excluding hydrogens is 184 g/mol. The summed E-state index contributed by atoms with van der Waals surface area (Å²) in [7, 11) is 0. The first-order valence-corrected chi connectivity index (χ1v) is 6.38. The Balaban J connectivity index is 1.92. The van der Waals surface area contributed by atoms with E-state index >= 15 is 0 Å². The Hall–Kier alpha value is -0.0800. The summed E-state index contributed by atoms with van der Waals surface area (Å²) in [5.74, 6) is 0.934. The molecule has 2 heteroatoms. The lowest BCUT2D eigenvalue weighted by atomic mass is 9.99. The molecule has 0 radical (unpaired) electrons. The summed E-state index contributed by atoms with van der Waals surface area (Å²) in [6, 6.07) is 1.58. The van der Waals surface area contributed by atoms with Gasteiger partial charge < -0.3 is 0 Å². The van der Waals surface area contributed by atoms with Gasteiger partial charge in [-0.3, -0.25) is 9.80 Å². The maximum Gasteiger partial charge on any atom is 0.0238 e. The lowest BCUT2D eigenvalue weighted by molar-refractivity contribution is 0.0569. The molecule has 0 amide bonds. The Bertz CT molecular complexity index is 225. The van der Waals surface area contributed by atoms with E-state index in [0.29, 0.717) is 5.54 Å². The molecule has 2 rings (SSSR count). The Kier molecular flexibility index (Phi) is 2.85. The van der Waals surface area contributed by atoms with E-state index in [1.807, 2.05) is 0 Å². The zero-order valence-corrected chi connectivity index (χ0v) is 11.0. The Morgan fingerprint density at radius 2 is 1.60 bits per heavy atom. The van der Waals surface area contributed by atoms with Crippen LogP contribution in [0.4, 0.5) is 0 Å². The summed E-state index contributed by atoms with van der Waals surface area (Å²) in [6.45, 7) is 15.7. The third-order valence-corrected chi connectivity index (χ3v) is 4.02. The van der Waals surface area contributed by atoms with E-state index in [4.69, 9.17) is 0 Å². The molecule has 2 aliphatic heterocycles. The number of likely N-dealkylation sites (tertiary alicyclic amines) is 2. The molecule has 2 nitrogen and oxygen atoms in total. The predicted molar refractivity (Wildman–Crippen MR) is 65.1 cm³/mol. The van der Waals surface area contributed by atoms with Crippen LogP contribution in [0.3, 0.4) is 0 Å². The van der Waals surface area contributed by atoms with Crippen LogP contribution in [-0.4, -0.2) is 47.1 Å². The van der Waals surface area contributed by atoms with E-state index in [-0.39, 0.29) is 0 Å². The standard InChI is InChI=1S/C13H26N2/c1-10-7-14(8-10)12-6-11(2)15(9-12)13(3,4)5/h10-12H,6-9H2,1-5H3/t11-,12?/m1/s1. The molecule has 2 saturated heterocycles. The molecule has 1 unspecified atom stereocenters. The molecule has 88 valence electrons. The van der Waals surface area contributed by atoms with Crippen molar-refractivity contribution in [3.63, 3.8) is 0 Å². The van der Waals surface area contributed by atoms with Gasteiger partial charge in [-0.2, -0.15) is 0 Å². The van der Waals surface area contributed by atoms with Gasteiger partial charge in [0.2, 0.25) is 0 Å². The first kappa shape index (κ1) is 11.4. The minimum Gasteiger partial charge on any atom is -0.298 e. The van der Waals surface area contributed by atoms with Crippen molar-refractivity contribution in [2.45, 2.75) is 58.7 Å². The van der Waals surface area contributed by atoms with Crippen LogP contribution in [0.5, 0.6) is 0 Å². The molecule has 0 aromatic rings. The second-order valence-corrected chi connectivity index (χ2v) is 6.62. The van der Waals surface area contributed by atoms with Gasteiger partial charge in [0.1, 0.15) is 0 Å². The average molecular weight is 210 g/mol. The highest BCUT2D eigenvalue weighted by Gasteiger charge is 2.40. The van der Waals surface area contributed by atoms with Gasteiger partial charge in [0.05, 0.1) is 0 Å². The van der Waals surface area contributed by atoms with Crippen LogP contribution < -0.4 is 0 Å². The van der Waals surface area contributed by atoms with Crippen LogP contribution in [0.15, 0.2) is 0 Å². The fourth-order valence-electron chi connectivity index (χ4n) is 3.25. The summed E-state index contributed by atoms with van der Waals surface area (Å²) in [6.07, 6.45) is 1.37. The van der Waals surface area contributed by atoms with E-state index in [1.165, 1.54) is 26.1 Å². The fourth-order valence-corrected chi connectivity index (χ4v) is 3.25. The largest absolute Gasteiger partial charge is 0.298 e. The first-order chi connectivity index (χ1) is 6.88. The topological polar surface area (TPSA) is 6.48 Å². The molecule has 0 aromatic carbocycles. The molecule has 0 spiro atoms. The molecule has 0 N–H and O–H groups in total. The van der Waals surface area contributed by atoms with Gasteiger partial charge in [0.15, 0.2) is 0 Å². The SMILES string of the molecule is CC1CN(C2C[C@@H](C)N(C(C)(C)C)C2)C1. The van der Waals surface area contributed by atoms with Crippen molar-refractivity contribution < 1.29 is 0 Å². The molecule has 0 aliphatic carbocycles. The lowest BCUT2D eigenvalue weighted by Gasteiger charge is -2.42.